The molecule has 1 heterocycles. The number of phenols is 1. The molecule has 34 heavy (non-hydrogen) atoms. The van der Waals surface area contributed by atoms with Gasteiger partial charge in [0.15, 0.2) is 5.43 Å². The van der Waals surface area contributed by atoms with Gasteiger partial charge < -0.3 is 24.3 Å². The van der Waals surface area contributed by atoms with Crippen LogP contribution in [-0.4, -0.2) is 28.8 Å². The average Bonchev–Trinajstić information content (AvgIpc) is 2.75. The maximum absolute atomic E-state index is 13.0. The molecule has 1 aromatic heterocycles. The molecule has 180 valence electrons. The van der Waals surface area contributed by atoms with Crippen LogP contribution in [0.15, 0.2) is 57.7 Å². The van der Waals surface area contributed by atoms with Gasteiger partial charge in [0.1, 0.15) is 39.9 Å². The molecule has 1 unspecified atom stereocenters. The van der Waals surface area contributed by atoms with E-state index < -0.39 is 29.1 Å². The van der Waals surface area contributed by atoms with Crippen molar-refractivity contribution in [1.29, 1.82) is 0 Å². The van der Waals surface area contributed by atoms with E-state index >= 15 is 0 Å². The lowest BCUT2D eigenvalue weighted by Crippen LogP contribution is -2.48. The maximum Gasteiger partial charge on any atom is 0.408 e. The van der Waals surface area contributed by atoms with Gasteiger partial charge in [-0.15, -0.1) is 0 Å². The summed E-state index contributed by atoms with van der Waals surface area (Å²) in [7, 11) is 0. The van der Waals surface area contributed by atoms with E-state index in [0.29, 0.717) is 17.7 Å². The van der Waals surface area contributed by atoms with Gasteiger partial charge in [-0.25, -0.2) is 9.59 Å². The minimum atomic E-state index is -0.986. The normalized spacial score (nSPS) is 13.2. The third-order valence-corrected chi connectivity index (χ3v) is 5.20. The number of carbonyl (C=O) groups is 2. The first kappa shape index (κ1) is 24.8. The van der Waals surface area contributed by atoms with Crippen LogP contribution in [0.2, 0.25) is 0 Å². The molecule has 0 radical (unpaired) electrons. The predicted octanol–water partition coefficient (Wildman–Crippen LogP) is 5.01. The number of ether oxygens (including phenoxy) is 2. The number of fused-ring (bicyclic) bond motifs is 1. The van der Waals surface area contributed by atoms with Crippen LogP contribution >= 0.6 is 0 Å². The first-order valence-electron chi connectivity index (χ1n) is 11.1. The summed E-state index contributed by atoms with van der Waals surface area (Å²) in [5.74, 6) is -1.08. The van der Waals surface area contributed by atoms with Crippen LogP contribution < -0.4 is 15.5 Å². The number of carbonyl (C=O) groups excluding carboxylic acids is 2. The van der Waals surface area contributed by atoms with Gasteiger partial charge in [-0.3, -0.25) is 4.79 Å². The number of aromatic hydroxyl groups is 1. The zero-order chi connectivity index (χ0) is 25.0. The van der Waals surface area contributed by atoms with Gasteiger partial charge >= 0.3 is 12.1 Å². The zero-order valence-corrected chi connectivity index (χ0v) is 19.9. The van der Waals surface area contributed by atoms with Gasteiger partial charge in [-0.1, -0.05) is 50.6 Å². The fourth-order valence-electron chi connectivity index (χ4n) is 3.33. The van der Waals surface area contributed by atoms with E-state index in [2.05, 4.69) is 5.32 Å². The molecule has 0 bridgehead atoms. The average molecular weight is 468 g/mol. The van der Waals surface area contributed by atoms with Gasteiger partial charge in [-0.05, 0) is 26.7 Å². The van der Waals surface area contributed by atoms with Gasteiger partial charge in [0, 0.05) is 23.8 Å². The number of hydrogen-bond acceptors (Lipinski definition) is 7. The Morgan fingerprint density at radius 1 is 1.12 bits per heavy atom. The Morgan fingerprint density at radius 2 is 1.79 bits per heavy atom. The number of amides is 1. The van der Waals surface area contributed by atoms with Crippen molar-refractivity contribution in [3.8, 4) is 22.8 Å². The lowest BCUT2D eigenvalue weighted by atomic mass is 9.99. The van der Waals surface area contributed by atoms with Crippen LogP contribution in [0, 0.1) is 5.92 Å². The molecule has 0 saturated heterocycles. The monoisotopic (exact) mass is 467 g/mol. The van der Waals surface area contributed by atoms with E-state index in [1.165, 1.54) is 18.2 Å². The van der Waals surface area contributed by atoms with Crippen LogP contribution in [0.3, 0.4) is 0 Å². The fraction of sp³-hybridized carbons (Fsp3) is 0.346. The van der Waals surface area contributed by atoms with Crippen molar-refractivity contribution in [2.75, 3.05) is 0 Å². The van der Waals surface area contributed by atoms with Crippen LogP contribution in [0.25, 0.3) is 22.3 Å². The van der Waals surface area contributed by atoms with E-state index in [0.717, 1.165) is 0 Å². The van der Waals surface area contributed by atoms with Crippen LogP contribution in [-0.2, 0) is 9.53 Å². The Kier molecular flexibility index (Phi) is 7.29. The van der Waals surface area contributed by atoms with Gasteiger partial charge in [0.2, 0.25) is 0 Å². The highest BCUT2D eigenvalue weighted by Crippen LogP contribution is 2.31. The minimum absolute atomic E-state index is 0.0233. The first-order valence-corrected chi connectivity index (χ1v) is 11.1. The number of alkyl carbamates (subject to hydrolysis) is 1. The Bertz CT molecular complexity index is 1240. The summed E-state index contributed by atoms with van der Waals surface area (Å²) in [5.41, 5.74) is -0.415. The lowest BCUT2D eigenvalue weighted by Gasteiger charge is -2.25. The second kappa shape index (κ2) is 9.99. The van der Waals surface area contributed by atoms with Gasteiger partial charge in [-0.2, -0.15) is 0 Å². The Balaban J connectivity index is 1.92. The summed E-state index contributed by atoms with van der Waals surface area (Å²) in [6.07, 6.45) is -0.150. The first-order chi connectivity index (χ1) is 16.0. The number of esters is 1. The highest BCUT2D eigenvalue weighted by atomic mass is 16.6. The summed E-state index contributed by atoms with van der Waals surface area (Å²) in [4.78, 5) is 37.8. The molecule has 3 aromatic rings. The predicted molar refractivity (Wildman–Crippen MR) is 128 cm³/mol. The molecule has 0 aliphatic rings. The van der Waals surface area contributed by atoms with E-state index in [9.17, 15) is 19.5 Å². The van der Waals surface area contributed by atoms with E-state index in [1.54, 1.807) is 39.8 Å². The lowest BCUT2D eigenvalue weighted by molar-refractivity contribution is -0.138. The smallest absolute Gasteiger partial charge is 0.408 e. The molecule has 8 heteroatoms. The molecule has 3 rings (SSSR count). The van der Waals surface area contributed by atoms with Crippen molar-refractivity contribution < 1.29 is 28.6 Å². The van der Waals surface area contributed by atoms with Crippen LogP contribution in [0.5, 0.6) is 11.5 Å². The molecule has 0 aliphatic heterocycles. The zero-order valence-electron chi connectivity index (χ0n) is 19.9. The fourth-order valence-corrected chi connectivity index (χ4v) is 3.33. The minimum Gasteiger partial charge on any atom is -0.507 e. The number of nitrogens with one attached hydrogen (secondary N) is 1. The summed E-state index contributed by atoms with van der Waals surface area (Å²) >= 11 is 0. The number of hydrogen-bond donors (Lipinski definition) is 2. The second-order valence-corrected chi connectivity index (χ2v) is 9.09. The third-order valence-electron chi connectivity index (χ3n) is 5.20. The molecule has 0 aliphatic carbocycles. The Hall–Kier alpha value is -3.81. The number of benzene rings is 2. The van der Waals surface area contributed by atoms with Crippen molar-refractivity contribution in [3.05, 3.63) is 58.8 Å². The summed E-state index contributed by atoms with van der Waals surface area (Å²) in [5, 5.41) is 13.0. The molecule has 2 N–H and O–H groups in total. The molecular formula is C26H29NO7. The summed E-state index contributed by atoms with van der Waals surface area (Å²) in [6, 6.07) is 11.9. The van der Waals surface area contributed by atoms with E-state index in [4.69, 9.17) is 13.9 Å². The molecular weight excluding hydrogens is 438 g/mol. The topological polar surface area (TPSA) is 115 Å². The maximum atomic E-state index is 13.0. The number of phenolic OH excluding ortho intramolecular Hbond substituents is 1. The van der Waals surface area contributed by atoms with Crippen molar-refractivity contribution in [2.45, 2.75) is 52.7 Å². The van der Waals surface area contributed by atoms with Crippen molar-refractivity contribution in [1.82, 2.24) is 5.32 Å². The molecule has 2 atom stereocenters. The third kappa shape index (κ3) is 5.95. The largest absolute Gasteiger partial charge is 0.507 e. The summed E-state index contributed by atoms with van der Waals surface area (Å²) in [6.45, 7) is 8.84. The molecule has 0 saturated carbocycles. The van der Waals surface area contributed by atoms with Crippen molar-refractivity contribution >= 4 is 23.0 Å². The van der Waals surface area contributed by atoms with Crippen molar-refractivity contribution in [3.63, 3.8) is 0 Å². The van der Waals surface area contributed by atoms with Crippen LogP contribution in [0.4, 0.5) is 4.79 Å². The Morgan fingerprint density at radius 3 is 2.41 bits per heavy atom. The molecule has 0 fully saturated rings. The molecule has 2 aromatic carbocycles. The quantitative estimate of drug-likeness (QED) is 0.387. The SMILES string of the molecule is CCC(C)[C@@H](NC(=O)OC(C)(C)C)C(=O)Oc1cc(O)c2c(=O)cc(-c3ccccc3)oc2c1. The number of rotatable bonds is 6. The second-order valence-electron chi connectivity index (χ2n) is 9.09. The van der Waals surface area contributed by atoms with E-state index in [1.807, 2.05) is 25.1 Å². The molecule has 8 nitrogen and oxygen atoms in total. The standard InChI is InChI=1S/C26H29NO7/c1-6-15(2)23(27-25(31)34-26(3,4)5)24(30)32-17-12-18(28)22-19(29)14-20(33-21(22)13-17)16-10-8-7-9-11-16/h7-15,23,28H,6H2,1-5H3,(H,27,31)/t15?,23-/m1/s1. The van der Waals surface area contributed by atoms with Gasteiger partial charge in [0.05, 0.1) is 0 Å². The Labute approximate surface area is 197 Å². The molecule has 1 amide bonds. The summed E-state index contributed by atoms with van der Waals surface area (Å²) < 4.78 is 16.6. The van der Waals surface area contributed by atoms with Gasteiger partial charge in [0.25, 0.3) is 0 Å². The van der Waals surface area contributed by atoms with Crippen molar-refractivity contribution in [2.24, 2.45) is 5.92 Å². The highest BCUT2D eigenvalue weighted by Gasteiger charge is 2.30. The van der Waals surface area contributed by atoms with E-state index in [-0.39, 0.29) is 28.4 Å². The highest BCUT2D eigenvalue weighted by molar-refractivity contribution is 5.88. The van der Waals surface area contributed by atoms with Crippen LogP contribution in [0.1, 0.15) is 41.0 Å². The molecule has 0 spiro atoms.